The number of aromatic nitrogens is 3. The Balaban J connectivity index is 2.04. The maximum absolute atomic E-state index is 12.1. The third kappa shape index (κ3) is 3.00. The average molecular weight is 263 g/mol. The van der Waals surface area contributed by atoms with Crippen molar-refractivity contribution in [1.82, 2.24) is 19.9 Å². The molecule has 7 nitrogen and oxygen atoms in total. The third-order valence-corrected chi connectivity index (χ3v) is 2.84. The lowest BCUT2D eigenvalue weighted by Crippen LogP contribution is -2.26. The molecule has 2 aromatic heterocycles. The Hall–Kier alpha value is -2.15. The van der Waals surface area contributed by atoms with Crippen LogP contribution in [0, 0.1) is 6.92 Å². The standard InChI is InChI=1S/C12H17N5O2/c1-9-10(3-6-19-9)7-16(2)12(18)11-8-17(5-4-13)15-14-11/h3,6,8H,4-5,7,13H2,1-2H3. The second kappa shape index (κ2) is 5.66. The Morgan fingerprint density at radius 1 is 1.58 bits per heavy atom. The summed E-state index contributed by atoms with van der Waals surface area (Å²) in [6, 6.07) is 1.85. The van der Waals surface area contributed by atoms with Crippen molar-refractivity contribution in [1.29, 1.82) is 0 Å². The van der Waals surface area contributed by atoms with Crippen LogP contribution in [0.4, 0.5) is 0 Å². The molecule has 19 heavy (non-hydrogen) atoms. The van der Waals surface area contributed by atoms with Gasteiger partial charge in [-0.15, -0.1) is 5.10 Å². The minimum Gasteiger partial charge on any atom is -0.469 e. The molecule has 7 heteroatoms. The number of amides is 1. The molecule has 2 N–H and O–H groups in total. The van der Waals surface area contributed by atoms with Crippen LogP contribution in [0.3, 0.4) is 0 Å². The van der Waals surface area contributed by atoms with Crippen molar-refractivity contribution in [2.24, 2.45) is 5.73 Å². The number of nitrogens with two attached hydrogens (primary N) is 1. The number of nitrogens with zero attached hydrogens (tertiary/aromatic N) is 4. The fraction of sp³-hybridized carbons (Fsp3) is 0.417. The molecular formula is C12H17N5O2. The molecule has 1 amide bonds. The molecule has 0 saturated heterocycles. The molecule has 0 aliphatic rings. The van der Waals surface area contributed by atoms with Gasteiger partial charge in [-0.1, -0.05) is 5.21 Å². The van der Waals surface area contributed by atoms with Crippen LogP contribution in [-0.2, 0) is 13.1 Å². The van der Waals surface area contributed by atoms with Gasteiger partial charge in [0.05, 0.1) is 19.0 Å². The van der Waals surface area contributed by atoms with E-state index in [9.17, 15) is 4.79 Å². The van der Waals surface area contributed by atoms with Crippen LogP contribution in [-0.4, -0.2) is 39.4 Å². The van der Waals surface area contributed by atoms with E-state index < -0.39 is 0 Å². The summed E-state index contributed by atoms with van der Waals surface area (Å²) in [5.41, 5.74) is 6.71. The molecule has 0 radical (unpaired) electrons. The van der Waals surface area contributed by atoms with Gasteiger partial charge in [0.2, 0.25) is 0 Å². The minimum absolute atomic E-state index is 0.177. The second-order valence-electron chi connectivity index (χ2n) is 4.32. The van der Waals surface area contributed by atoms with Crippen molar-refractivity contribution in [3.05, 3.63) is 35.5 Å². The van der Waals surface area contributed by atoms with Gasteiger partial charge in [-0.2, -0.15) is 0 Å². The van der Waals surface area contributed by atoms with E-state index in [1.165, 1.54) is 0 Å². The van der Waals surface area contributed by atoms with Crippen LogP contribution < -0.4 is 5.73 Å². The van der Waals surface area contributed by atoms with Gasteiger partial charge < -0.3 is 15.1 Å². The van der Waals surface area contributed by atoms with Gasteiger partial charge in [-0.3, -0.25) is 9.48 Å². The van der Waals surface area contributed by atoms with Crippen molar-refractivity contribution in [2.75, 3.05) is 13.6 Å². The summed E-state index contributed by atoms with van der Waals surface area (Å²) < 4.78 is 6.76. The van der Waals surface area contributed by atoms with E-state index in [1.807, 2.05) is 13.0 Å². The number of rotatable bonds is 5. The van der Waals surface area contributed by atoms with E-state index in [-0.39, 0.29) is 5.91 Å². The third-order valence-electron chi connectivity index (χ3n) is 2.84. The summed E-state index contributed by atoms with van der Waals surface area (Å²) in [4.78, 5) is 13.7. The minimum atomic E-state index is -0.177. The zero-order chi connectivity index (χ0) is 13.8. The summed E-state index contributed by atoms with van der Waals surface area (Å²) in [5, 5.41) is 7.69. The SMILES string of the molecule is Cc1occc1CN(C)C(=O)c1cn(CCN)nn1. The molecule has 2 heterocycles. The Kier molecular flexibility index (Phi) is 3.96. The lowest BCUT2D eigenvalue weighted by atomic mass is 10.2. The quantitative estimate of drug-likeness (QED) is 0.843. The molecule has 0 unspecified atom stereocenters. The summed E-state index contributed by atoms with van der Waals surface area (Å²) in [5.74, 6) is 0.635. The molecule has 0 aromatic carbocycles. The molecule has 0 bridgehead atoms. The van der Waals surface area contributed by atoms with E-state index in [0.717, 1.165) is 11.3 Å². The number of hydrogen-bond acceptors (Lipinski definition) is 5. The highest BCUT2D eigenvalue weighted by Crippen LogP contribution is 2.12. The van der Waals surface area contributed by atoms with Crippen LogP contribution in [0.25, 0.3) is 0 Å². The van der Waals surface area contributed by atoms with Crippen LogP contribution in [0.1, 0.15) is 21.8 Å². The molecular weight excluding hydrogens is 246 g/mol. The average Bonchev–Trinajstić information content (AvgIpc) is 2.99. The van der Waals surface area contributed by atoms with E-state index in [1.54, 1.807) is 29.1 Å². The molecule has 0 spiro atoms. The predicted molar refractivity (Wildman–Crippen MR) is 68.3 cm³/mol. The zero-order valence-electron chi connectivity index (χ0n) is 11.0. The van der Waals surface area contributed by atoms with Crippen LogP contribution in [0.15, 0.2) is 22.9 Å². The topological polar surface area (TPSA) is 90.2 Å². The number of aryl methyl sites for hydroxylation is 1. The van der Waals surface area contributed by atoms with Gasteiger partial charge in [-0.25, -0.2) is 0 Å². The van der Waals surface area contributed by atoms with E-state index in [0.29, 0.717) is 25.3 Å². The first-order chi connectivity index (χ1) is 9.11. The summed E-state index contributed by atoms with van der Waals surface area (Å²) in [7, 11) is 1.72. The van der Waals surface area contributed by atoms with Crippen molar-refractivity contribution in [2.45, 2.75) is 20.0 Å². The Labute approximate surface area is 111 Å². The summed E-state index contributed by atoms with van der Waals surface area (Å²) >= 11 is 0. The van der Waals surface area contributed by atoms with Gasteiger partial charge in [-0.05, 0) is 13.0 Å². The van der Waals surface area contributed by atoms with Crippen LogP contribution in [0.5, 0.6) is 0 Å². The van der Waals surface area contributed by atoms with Crippen molar-refractivity contribution >= 4 is 5.91 Å². The van der Waals surface area contributed by atoms with Gasteiger partial charge >= 0.3 is 0 Å². The summed E-state index contributed by atoms with van der Waals surface area (Å²) in [6.45, 7) is 3.35. The number of furan rings is 1. The highest BCUT2D eigenvalue weighted by molar-refractivity contribution is 5.91. The fourth-order valence-electron chi connectivity index (χ4n) is 1.74. The molecule has 0 atom stereocenters. The Morgan fingerprint density at radius 2 is 2.37 bits per heavy atom. The summed E-state index contributed by atoms with van der Waals surface area (Å²) in [6.07, 6.45) is 3.22. The maximum Gasteiger partial charge on any atom is 0.276 e. The number of carbonyl (C=O) groups is 1. The molecule has 102 valence electrons. The first-order valence-electron chi connectivity index (χ1n) is 6.00. The monoisotopic (exact) mass is 263 g/mol. The first-order valence-corrected chi connectivity index (χ1v) is 6.00. The van der Waals surface area contributed by atoms with E-state index >= 15 is 0 Å². The number of carbonyl (C=O) groups excluding carboxylic acids is 1. The van der Waals surface area contributed by atoms with Gasteiger partial charge in [0.15, 0.2) is 5.69 Å². The highest BCUT2D eigenvalue weighted by atomic mass is 16.3. The molecule has 2 aromatic rings. The zero-order valence-corrected chi connectivity index (χ0v) is 11.0. The Bertz CT molecular complexity index is 560. The number of hydrogen-bond donors (Lipinski definition) is 1. The molecule has 2 rings (SSSR count). The lowest BCUT2D eigenvalue weighted by Gasteiger charge is -2.14. The van der Waals surface area contributed by atoms with Gasteiger partial charge in [0, 0.05) is 25.7 Å². The smallest absolute Gasteiger partial charge is 0.276 e. The lowest BCUT2D eigenvalue weighted by molar-refractivity contribution is 0.0778. The van der Waals surface area contributed by atoms with E-state index in [2.05, 4.69) is 10.3 Å². The van der Waals surface area contributed by atoms with E-state index in [4.69, 9.17) is 10.2 Å². The highest BCUT2D eigenvalue weighted by Gasteiger charge is 2.17. The normalized spacial score (nSPS) is 10.7. The van der Waals surface area contributed by atoms with Crippen LogP contribution >= 0.6 is 0 Å². The second-order valence-corrected chi connectivity index (χ2v) is 4.32. The van der Waals surface area contributed by atoms with Crippen molar-refractivity contribution in [3.8, 4) is 0 Å². The molecule has 0 saturated carbocycles. The molecule has 0 aliphatic heterocycles. The van der Waals surface area contributed by atoms with Crippen molar-refractivity contribution < 1.29 is 9.21 Å². The fourth-order valence-corrected chi connectivity index (χ4v) is 1.74. The maximum atomic E-state index is 12.1. The Morgan fingerprint density at radius 3 is 3.00 bits per heavy atom. The molecule has 0 aliphatic carbocycles. The molecule has 0 fully saturated rings. The van der Waals surface area contributed by atoms with Gasteiger partial charge in [0.1, 0.15) is 5.76 Å². The van der Waals surface area contributed by atoms with Crippen molar-refractivity contribution in [3.63, 3.8) is 0 Å². The van der Waals surface area contributed by atoms with Gasteiger partial charge in [0.25, 0.3) is 5.91 Å². The largest absolute Gasteiger partial charge is 0.469 e. The van der Waals surface area contributed by atoms with Crippen LogP contribution in [0.2, 0.25) is 0 Å². The predicted octanol–water partition coefficient (Wildman–Crippen LogP) is 0.410. The first kappa shape index (κ1) is 13.3.